The Balaban J connectivity index is 1.56. The minimum atomic E-state index is -0.753. The van der Waals surface area contributed by atoms with E-state index in [-0.39, 0.29) is 17.2 Å². The third-order valence-electron chi connectivity index (χ3n) is 8.88. The molecule has 220 valence electrons. The molecule has 1 aliphatic rings. The van der Waals surface area contributed by atoms with Crippen LogP contribution in [0, 0.1) is 11.3 Å². The second-order valence-corrected chi connectivity index (χ2v) is 12.2. The lowest BCUT2D eigenvalue weighted by Crippen LogP contribution is -2.41. The molecule has 4 aromatic rings. The number of rotatable bonds is 10. The van der Waals surface area contributed by atoms with Gasteiger partial charge in [0.2, 0.25) is 5.78 Å². The highest BCUT2D eigenvalue weighted by atomic mass is 16.5. The molecule has 42 heavy (non-hydrogen) atoms. The number of fused-ring (bicyclic) bond motifs is 1. The first-order chi connectivity index (χ1) is 20.2. The number of nitrogens with zero attached hydrogens (tertiary/aromatic N) is 5. The number of aromatic nitrogens is 4. The van der Waals surface area contributed by atoms with Gasteiger partial charge < -0.3 is 9.84 Å². The molecule has 0 saturated heterocycles. The Morgan fingerprint density at radius 2 is 1.88 bits per heavy atom. The third-order valence-corrected chi connectivity index (χ3v) is 8.88. The maximum Gasteiger partial charge on any atom is 0.259 e. The van der Waals surface area contributed by atoms with E-state index in [1.165, 1.54) is 6.33 Å². The third kappa shape index (κ3) is 5.90. The molecule has 0 bridgehead atoms. The first-order valence-corrected chi connectivity index (χ1v) is 15.0. The molecule has 0 amide bonds. The zero-order valence-corrected chi connectivity index (χ0v) is 25.1. The van der Waals surface area contributed by atoms with Crippen LogP contribution >= 0.6 is 0 Å². The number of ether oxygens (including phenoxy) is 1. The normalized spacial score (nSPS) is 19.2. The molecule has 1 aliphatic carbocycles. The van der Waals surface area contributed by atoms with E-state index >= 15 is 0 Å². The minimum absolute atomic E-state index is 0.0462. The second-order valence-electron chi connectivity index (χ2n) is 12.2. The lowest BCUT2D eigenvalue weighted by molar-refractivity contribution is -0.0684. The van der Waals surface area contributed by atoms with Gasteiger partial charge in [-0.15, -0.1) is 0 Å². The van der Waals surface area contributed by atoms with Gasteiger partial charge in [-0.25, -0.2) is 4.52 Å². The standard InChI is InChI=1S/C34H41N5O3/c1-5-10-30-28(21-25-13-9-14-27(29(25)22-35)24-11-7-6-8-12-24)31(40)38(32-36-23-37-39(30)32)26-15-17-34(42-4,18-16-26)20-19-33(2,3)41/h6-9,11-14,23,26,41H,5,10,15-21H2,1-4H3. The van der Waals surface area contributed by atoms with E-state index in [2.05, 4.69) is 23.1 Å². The van der Waals surface area contributed by atoms with E-state index in [0.717, 1.165) is 60.9 Å². The summed E-state index contributed by atoms with van der Waals surface area (Å²) in [4.78, 5) is 19.0. The first kappa shape index (κ1) is 29.7. The van der Waals surface area contributed by atoms with Gasteiger partial charge in [-0.3, -0.25) is 9.36 Å². The Hall–Kier alpha value is -3.80. The predicted molar refractivity (Wildman–Crippen MR) is 163 cm³/mol. The monoisotopic (exact) mass is 567 g/mol. The van der Waals surface area contributed by atoms with Crippen LogP contribution in [-0.2, 0) is 17.6 Å². The number of hydrogen-bond acceptors (Lipinski definition) is 6. The molecule has 8 nitrogen and oxygen atoms in total. The summed E-state index contributed by atoms with van der Waals surface area (Å²) in [5.74, 6) is 0.567. The molecular formula is C34H41N5O3. The highest BCUT2D eigenvalue weighted by Crippen LogP contribution is 2.41. The Labute approximate surface area is 247 Å². The smallest absolute Gasteiger partial charge is 0.259 e. The highest BCUT2D eigenvalue weighted by Gasteiger charge is 2.38. The lowest BCUT2D eigenvalue weighted by atomic mass is 9.77. The summed E-state index contributed by atoms with van der Waals surface area (Å²) in [6.07, 6.45) is 7.93. The summed E-state index contributed by atoms with van der Waals surface area (Å²) in [6, 6.07) is 18.2. The molecule has 5 rings (SSSR count). The van der Waals surface area contributed by atoms with Crippen molar-refractivity contribution in [2.45, 2.75) is 95.8 Å². The lowest BCUT2D eigenvalue weighted by Gasteiger charge is -2.41. The van der Waals surface area contributed by atoms with Crippen molar-refractivity contribution in [1.29, 1.82) is 5.26 Å². The fourth-order valence-electron chi connectivity index (χ4n) is 6.48. The average Bonchev–Trinajstić information content (AvgIpc) is 3.48. The van der Waals surface area contributed by atoms with Gasteiger partial charge in [0.25, 0.3) is 5.56 Å². The SMILES string of the molecule is CCCc1c(Cc2cccc(-c3ccccc3)c2C#N)c(=O)n(C2CCC(CCC(C)(C)O)(OC)CC2)c2ncnn12. The minimum Gasteiger partial charge on any atom is -0.390 e. The van der Waals surface area contributed by atoms with Gasteiger partial charge in [0, 0.05) is 25.1 Å². The second kappa shape index (κ2) is 12.2. The number of nitriles is 1. The number of benzene rings is 2. The molecule has 0 unspecified atom stereocenters. The number of aliphatic hydroxyl groups is 1. The van der Waals surface area contributed by atoms with Crippen molar-refractivity contribution in [1.82, 2.24) is 19.2 Å². The van der Waals surface area contributed by atoms with Gasteiger partial charge in [-0.2, -0.15) is 15.3 Å². The van der Waals surface area contributed by atoms with E-state index < -0.39 is 5.60 Å². The molecule has 1 fully saturated rings. The van der Waals surface area contributed by atoms with Crippen LogP contribution in [0.25, 0.3) is 16.9 Å². The highest BCUT2D eigenvalue weighted by molar-refractivity contribution is 5.72. The van der Waals surface area contributed by atoms with E-state index in [0.29, 0.717) is 36.2 Å². The Morgan fingerprint density at radius 1 is 1.14 bits per heavy atom. The van der Waals surface area contributed by atoms with Crippen LogP contribution in [0.5, 0.6) is 0 Å². The van der Waals surface area contributed by atoms with E-state index in [9.17, 15) is 15.2 Å². The van der Waals surface area contributed by atoms with Gasteiger partial charge in [-0.05, 0) is 75.5 Å². The van der Waals surface area contributed by atoms with Crippen LogP contribution < -0.4 is 5.56 Å². The maximum absolute atomic E-state index is 14.5. The quantitative estimate of drug-likeness (QED) is 0.251. The molecule has 2 aromatic heterocycles. The predicted octanol–water partition coefficient (Wildman–Crippen LogP) is 6.02. The zero-order valence-electron chi connectivity index (χ0n) is 25.1. The van der Waals surface area contributed by atoms with Crippen molar-refractivity contribution in [3.05, 3.63) is 87.6 Å². The molecule has 8 heteroatoms. The molecule has 2 aromatic carbocycles. The summed E-state index contributed by atoms with van der Waals surface area (Å²) in [7, 11) is 1.75. The van der Waals surface area contributed by atoms with Crippen LogP contribution in [0.15, 0.2) is 59.7 Å². The molecule has 0 radical (unpaired) electrons. The van der Waals surface area contributed by atoms with Crippen molar-refractivity contribution in [2.75, 3.05) is 7.11 Å². The maximum atomic E-state index is 14.5. The van der Waals surface area contributed by atoms with Crippen LogP contribution in [0.4, 0.5) is 0 Å². The fraction of sp³-hybridized carbons (Fsp3) is 0.471. The van der Waals surface area contributed by atoms with Crippen LogP contribution in [0.2, 0.25) is 0 Å². The van der Waals surface area contributed by atoms with E-state index in [1.54, 1.807) is 7.11 Å². The van der Waals surface area contributed by atoms with Gasteiger partial charge in [0.05, 0.1) is 22.5 Å². The van der Waals surface area contributed by atoms with Crippen molar-refractivity contribution in [2.24, 2.45) is 0 Å². The summed E-state index contributed by atoms with van der Waals surface area (Å²) in [6.45, 7) is 5.75. The van der Waals surface area contributed by atoms with Gasteiger partial charge in [0.15, 0.2) is 0 Å². The number of hydrogen-bond donors (Lipinski definition) is 1. The van der Waals surface area contributed by atoms with Crippen molar-refractivity contribution in [3.63, 3.8) is 0 Å². The van der Waals surface area contributed by atoms with Crippen LogP contribution in [0.1, 0.15) is 94.1 Å². The largest absolute Gasteiger partial charge is 0.390 e. The molecule has 2 heterocycles. The van der Waals surface area contributed by atoms with Crippen molar-refractivity contribution in [3.8, 4) is 17.2 Å². The summed E-state index contributed by atoms with van der Waals surface area (Å²) in [5, 5.41) is 25.2. The summed E-state index contributed by atoms with van der Waals surface area (Å²) in [5.41, 5.74) is 3.66. The molecule has 0 aliphatic heterocycles. The topological polar surface area (TPSA) is 105 Å². The Kier molecular flexibility index (Phi) is 8.63. The van der Waals surface area contributed by atoms with Gasteiger partial charge in [0.1, 0.15) is 12.4 Å². The van der Waals surface area contributed by atoms with E-state index in [4.69, 9.17) is 4.74 Å². The first-order valence-electron chi connectivity index (χ1n) is 15.0. The van der Waals surface area contributed by atoms with E-state index in [1.807, 2.05) is 71.5 Å². The van der Waals surface area contributed by atoms with Crippen LogP contribution in [-0.4, -0.2) is 42.6 Å². The average molecular weight is 568 g/mol. The van der Waals surface area contributed by atoms with Gasteiger partial charge in [-0.1, -0.05) is 61.9 Å². The molecular weight excluding hydrogens is 526 g/mol. The number of methoxy groups -OCH3 is 1. The molecule has 1 saturated carbocycles. The van der Waals surface area contributed by atoms with Crippen molar-refractivity contribution >= 4 is 5.78 Å². The fourth-order valence-corrected chi connectivity index (χ4v) is 6.48. The van der Waals surface area contributed by atoms with Crippen LogP contribution in [0.3, 0.4) is 0 Å². The Morgan fingerprint density at radius 3 is 2.52 bits per heavy atom. The molecule has 1 N–H and O–H groups in total. The van der Waals surface area contributed by atoms with Gasteiger partial charge >= 0.3 is 0 Å². The zero-order chi connectivity index (χ0) is 29.9. The summed E-state index contributed by atoms with van der Waals surface area (Å²) >= 11 is 0. The Bertz CT molecular complexity index is 1630. The molecule has 0 atom stereocenters. The number of aryl methyl sites for hydroxylation is 1. The molecule has 0 spiro atoms. The summed E-state index contributed by atoms with van der Waals surface area (Å²) < 4.78 is 9.70. The van der Waals surface area contributed by atoms with Crippen molar-refractivity contribution < 1.29 is 9.84 Å².